The Kier molecular flexibility index (Phi) is 3.90. The highest BCUT2D eigenvalue weighted by atomic mass is 16.3. The third kappa shape index (κ3) is 3.11. The van der Waals surface area contributed by atoms with E-state index in [1.54, 1.807) is 0 Å². The molecule has 1 nitrogen and oxygen atoms in total. The van der Waals surface area contributed by atoms with Crippen LogP contribution in [0, 0.1) is 11.8 Å². The molecule has 0 bridgehead atoms. The Labute approximate surface area is 74.5 Å². The van der Waals surface area contributed by atoms with Crippen LogP contribution in [0.15, 0.2) is 11.6 Å². The molecule has 0 heterocycles. The van der Waals surface area contributed by atoms with Gasteiger partial charge in [0, 0.05) is 0 Å². The lowest BCUT2D eigenvalue weighted by atomic mass is 10.00. The van der Waals surface area contributed by atoms with E-state index in [0.717, 1.165) is 19.3 Å². The van der Waals surface area contributed by atoms with Gasteiger partial charge in [0.15, 0.2) is 0 Å². The highest BCUT2D eigenvalue weighted by molar-refractivity contribution is 5.30. The second kappa shape index (κ2) is 5.00. The van der Waals surface area contributed by atoms with Gasteiger partial charge in [0.05, 0.1) is 0 Å². The standard InChI is InChI=1S/C11H16O/c1-2-11(12)9-8-10-6-4-3-5-7-10/h6,11-12H,2-5,7H2,1H3/t11-/m0/s1. The first kappa shape index (κ1) is 9.35. The summed E-state index contributed by atoms with van der Waals surface area (Å²) in [5, 5.41) is 9.19. The Morgan fingerprint density at radius 1 is 1.58 bits per heavy atom. The van der Waals surface area contributed by atoms with Crippen molar-refractivity contribution in [3.8, 4) is 11.8 Å². The normalized spacial score (nSPS) is 19.0. The lowest BCUT2D eigenvalue weighted by Crippen LogP contribution is -1.99. The first-order valence-corrected chi connectivity index (χ1v) is 4.71. The summed E-state index contributed by atoms with van der Waals surface area (Å²) in [6, 6.07) is 0. The molecule has 1 heteroatoms. The van der Waals surface area contributed by atoms with Crippen LogP contribution in [0.4, 0.5) is 0 Å². The highest BCUT2D eigenvalue weighted by Crippen LogP contribution is 2.16. The van der Waals surface area contributed by atoms with E-state index in [0.29, 0.717) is 0 Å². The van der Waals surface area contributed by atoms with E-state index in [2.05, 4.69) is 17.9 Å². The molecule has 0 saturated carbocycles. The lowest BCUT2D eigenvalue weighted by Gasteiger charge is -2.06. The summed E-state index contributed by atoms with van der Waals surface area (Å²) in [5.41, 5.74) is 1.22. The topological polar surface area (TPSA) is 20.2 Å². The monoisotopic (exact) mass is 164 g/mol. The van der Waals surface area contributed by atoms with E-state index < -0.39 is 6.10 Å². The fraction of sp³-hybridized carbons (Fsp3) is 0.636. The molecule has 0 amide bonds. The number of hydrogen-bond acceptors (Lipinski definition) is 1. The quantitative estimate of drug-likeness (QED) is 0.589. The zero-order chi connectivity index (χ0) is 8.81. The average molecular weight is 164 g/mol. The fourth-order valence-electron chi connectivity index (χ4n) is 1.23. The van der Waals surface area contributed by atoms with Gasteiger partial charge < -0.3 is 5.11 Å². The van der Waals surface area contributed by atoms with Gasteiger partial charge in [-0.2, -0.15) is 0 Å². The predicted molar refractivity (Wildman–Crippen MR) is 50.6 cm³/mol. The van der Waals surface area contributed by atoms with Gasteiger partial charge in [0.1, 0.15) is 6.10 Å². The van der Waals surface area contributed by atoms with Crippen molar-refractivity contribution in [1.29, 1.82) is 0 Å². The zero-order valence-electron chi connectivity index (χ0n) is 7.64. The molecule has 0 aromatic rings. The van der Waals surface area contributed by atoms with Crippen molar-refractivity contribution < 1.29 is 5.11 Å². The van der Waals surface area contributed by atoms with Crippen LogP contribution in [0.1, 0.15) is 39.0 Å². The molecule has 0 unspecified atom stereocenters. The molecule has 0 aromatic carbocycles. The van der Waals surface area contributed by atoms with Crippen LogP contribution in [-0.4, -0.2) is 11.2 Å². The SMILES string of the molecule is CC[C@H](O)C#CC1=CCCCC1. The van der Waals surface area contributed by atoms with Gasteiger partial charge in [-0.05, 0) is 37.7 Å². The average Bonchev–Trinajstić information content (AvgIpc) is 2.16. The van der Waals surface area contributed by atoms with Gasteiger partial charge in [-0.15, -0.1) is 0 Å². The number of aliphatic hydroxyl groups excluding tert-OH is 1. The molecule has 0 fully saturated rings. The predicted octanol–water partition coefficient (Wildman–Crippen LogP) is 2.26. The first-order chi connectivity index (χ1) is 5.83. The van der Waals surface area contributed by atoms with Crippen LogP contribution >= 0.6 is 0 Å². The fourth-order valence-corrected chi connectivity index (χ4v) is 1.23. The van der Waals surface area contributed by atoms with Gasteiger partial charge in [0.2, 0.25) is 0 Å². The van der Waals surface area contributed by atoms with Gasteiger partial charge in [-0.1, -0.05) is 24.8 Å². The number of rotatable bonds is 1. The maximum absolute atomic E-state index is 9.19. The van der Waals surface area contributed by atoms with Crippen molar-refractivity contribution in [2.75, 3.05) is 0 Å². The Morgan fingerprint density at radius 2 is 2.42 bits per heavy atom. The Balaban J connectivity index is 2.46. The lowest BCUT2D eigenvalue weighted by molar-refractivity contribution is 0.228. The summed E-state index contributed by atoms with van der Waals surface area (Å²) in [7, 11) is 0. The van der Waals surface area contributed by atoms with Crippen molar-refractivity contribution in [2.45, 2.75) is 45.1 Å². The van der Waals surface area contributed by atoms with Crippen LogP contribution < -0.4 is 0 Å². The van der Waals surface area contributed by atoms with E-state index in [4.69, 9.17) is 0 Å². The van der Waals surface area contributed by atoms with Gasteiger partial charge in [-0.3, -0.25) is 0 Å². The maximum atomic E-state index is 9.19. The van der Waals surface area contributed by atoms with Gasteiger partial charge in [-0.25, -0.2) is 0 Å². The molecule has 12 heavy (non-hydrogen) atoms. The van der Waals surface area contributed by atoms with E-state index in [1.807, 2.05) is 6.92 Å². The number of allylic oxidation sites excluding steroid dienone is 2. The molecule has 0 radical (unpaired) electrons. The van der Waals surface area contributed by atoms with Crippen molar-refractivity contribution >= 4 is 0 Å². The third-order valence-corrected chi connectivity index (χ3v) is 2.08. The van der Waals surface area contributed by atoms with E-state index in [1.165, 1.54) is 18.4 Å². The van der Waals surface area contributed by atoms with Crippen molar-refractivity contribution in [2.24, 2.45) is 0 Å². The molecule has 0 aromatic heterocycles. The first-order valence-electron chi connectivity index (χ1n) is 4.71. The van der Waals surface area contributed by atoms with E-state index >= 15 is 0 Å². The van der Waals surface area contributed by atoms with E-state index in [9.17, 15) is 5.11 Å². The minimum Gasteiger partial charge on any atom is -0.380 e. The van der Waals surface area contributed by atoms with Crippen molar-refractivity contribution in [3.63, 3.8) is 0 Å². The van der Waals surface area contributed by atoms with Crippen LogP contribution in [0.2, 0.25) is 0 Å². The summed E-state index contributed by atoms with van der Waals surface area (Å²) in [6.07, 6.45) is 7.28. The Hall–Kier alpha value is -0.740. The molecule has 1 aliphatic rings. The third-order valence-electron chi connectivity index (χ3n) is 2.08. The molecular weight excluding hydrogens is 148 g/mol. The summed E-state index contributed by atoms with van der Waals surface area (Å²) >= 11 is 0. The summed E-state index contributed by atoms with van der Waals surface area (Å²) in [4.78, 5) is 0. The minimum atomic E-state index is -0.437. The maximum Gasteiger partial charge on any atom is 0.114 e. The van der Waals surface area contributed by atoms with Crippen molar-refractivity contribution in [3.05, 3.63) is 11.6 Å². The Morgan fingerprint density at radius 3 is 3.00 bits per heavy atom. The molecule has 1 atom stereocenters. The second-order valence-corrected chi connectivity index (χ2v) is 3.17. The molecule has 1 N–H and O–H groups in total. The number of hydrogen-bond donors (Lipinski definition) is 1. The second-order valence-electron chi connectivity index (χ2n) is 3.17. The Bertz CT molecular complexity index is 217. The molecule has 0 spiro atoms. The molecule has 66 valence electrons. The van der Waals surface area contributed by atoms with Crippen LogP contribution in [0.5, 0.6) is 0 Å². The van der Waals surface area contributed by atoms with E-state index in [-0.39, 0.29) is 0 Å². The van der Waals surface area contributed by atoms with Crippen LogP contribution in [0.3, 0.4) is 0 Å². The summed E-state index contributed by atoms with van der Waals surface area (Å²) in [5.74, 6) is 5.87. The highest BCUT2D eigenvalue weighted by Gasteiger charge is 2.00. The van der Waals surface area contributed by atoms with Gasteiger partial charge >= 0.3 is 0 Å². The smallest absolute Gasteiger partial charge is 0.114 e. The van der Waals surface area contributed by atoms with Crippen LogP contribution in [-0.2, 0) is 0 Å². The van der Waals surface area contributed by atoms with Crippen LogP contribution in [0.25, 0.3) is 0 Å². The zero-order valence-corrected chi connectivity index (χ0v) is 7.64. The molecular formula is C11H16O. The molecule has 1 rings (SSSR count). The number of aliphatic hydroxyl groups is 1. The minimum absolute atomic E-state index is 0.437. The molecule has 1 aliphatic carbocycles. The molecule has 0 saturated heterocycles. The van der Waals surface area contributed by atoms with Crippen molar-refractivity contribution in [1.82, 2.24) is 0 Å². The summed E-state index contributed by atoms with van der Waals surface area (Å²) < 4.78 is 0. The largest absolute Gasteiger partial charge is 0.380 e. The molecule has 0 aliphatic heterocycles. The van der Waals surface area contributed by atoms with Gasteiger partial charge in [0.25, 0.3) is 0 Å². The summed E-state index contributed by atoms with van der Waals surface area (Å²) in [6.45, 7) is 1.94.